The lowest BCUT2D eigenvalue weighted by atomic mass is 9.75. The maximum Gasteiger partial charge on any atom is 0.263 e. The molecule has 188 valence electrons. The van der Waals surface area contributed by atoms with Crippen molar-refractivity contribution < 1.29 is 14.1 Å². The molecular formula is C30H35N2O2S2+. The third kappa shape index (κ3) is 4.55. The minimum Gasteiger partial charge on any atom is -0.372 e. The number of carbonyl (C=O) groups excluding carboxylic acids is 1. The Bertz CT molecular complexity index is 1370. The average Bonchev–Trinajstić information content (AvgIpc) is 3.40. The van der Waals surface area contributed by atoms with E-state index in [1.807, 2.05) is 0 Å². The van der Waals surface area contributed by atoms with E-state index in [2.05, 4.69) is 92.6 Å². The molecule has 1 aliphatic heterocycles. The van der Waals surface area contributed by atoms with Gasteiger partial charge in [0, 0.05) is 35.8 Å². The monoisotopic (exact) mass is 519 g/mol. The Kier molecular flexibility index (Phi) is 7.38. The van der Waals surface area contributed by atoms with Gasteiger partial charge in [-0.05, 0) is 69.5 Å². The van der Waals surface area contributed by atoms with Crippen LogP contribution in [0.1, 0.15) is 49.7 Å². The van der Waals surface area contributed by atoms with Crippen LogP contribution in [0.3, 0.4) is 0 Å². The molecule has 1 fully saturated rings. The first kappa shape index (κ1) is 25.2. The molecule has 0 radical (unpaired) electrons. The number of benzene rings is 2. The van der Waals surface area contributed by atoms with Gasteiger partial charge in [-0.3, -0.25) is 4.79 Å². The molecule has 0 spiro atoms. The number of hydrogen-bond acceptors (Lipinski definition) is 5. The highest BCUT2D eigenvalue weighted by Crippen LogP contribution is 2.48. The molecular weight excluding hydrogens is 484 g/mol. The Morgan fingerprint density at radius 1 is 1.08 bits per heavy atom. The van der Waals surface area contributed by atoms with Crippen LogP contribution in [0.2, 0.25) is 0 Å². The molecule has 6 heteroatoms. The van der Waals surface area contributed by atoms with Crippen LogP contribution >= 0.6 is 23.1 Å². The van der Waals surface area contributed by atoms with Gasteiger partial charge in [0.2, 0.25) is 5.52 Å². The van der Waals surface area contributed by atoms with Crippen molar-refractivity contribution >= 4 is 50.9 Å². The fourth-order valence-corrected chi connectivity index (χ4v) is 7.37. The van der Waals surface area contributed by atoms with Crippen molar-refractivity contribution in [2.24, 2.45) is 5.92 Å². The van der Waals surface area contributed by atoms with E-state index in [0.717, 1.165) is 41.5 Å². The number of anilines is 1. The molecule has 0 amide bonds. The van der Waals surface area contributed by atoms with Crippen LogP contribution < -0.4 is 9.47 Å². The number of ether oxygens (including phenoxy) is 1. The van der Waals surface area contributed by atoms with Crippen LogP contribution in [0.5, 0.6) is 0 Å². The van der Waals surface area contributed by atoms with E-state index in [1.54, 1.807) is 23.1 Å². The molecule has 4 nitrogen and oxygen atoms in total. The zero-order valence-corrected chi connectivity index (χ0v) is 23.5. The lowest BCUT2D eigenvalue weighted by molar-refractivity contribution is -0.665. The standard InChI is InChI=1S/C30H35N2O2S2/c1-6-9-14-34-30-21(17-27-31(7-2)23-15-19(4)10-12-25(23)35-27)29(33)22(30)18-28-32(8-3)24-16-20(5)11-13-26(24)36-28/h10-13,15-18,21,30H,6-9,14H2,1-5H3/q+1/b22-18+,27-17+. The Labute approximate surface area is 222 Å². The van der Waals surface area contributed by atoms with Crippen molar-refractivity contribution in [1.29, 1.82) is 0 Å². The summed E-state index contributed by atoms with van der Waals surface area (Å²) in [5.74, 6) is -0.0594. The van der Waals surface area contributed by atoms with Crippen molar-refractivity contribution in [3.8, 4) is 0 Å². The highest BCUT2D eigenvalue weighted by Gasteiger charge is 2.46. The van der Waals surface area contributed by atoms with Gasteiger partial charge < -0.3 is 9.64 Å². The number of rotatable bonds is 8. The van der Waals surface area contributed by atoms with Gasteiger partial charge in [-0.2, -0.15) is 4.57 Å². The quantitative estimate of drug-likeness (QED) is 0.181. The van der Waals surface area contributed by atoms with Crippen LogP contribution in [-0.2, 0) is 16.1 Å². The number of Topliss-reactive ketones (excluding diaryl/α,β-unsaturated/α-hetero) is 1. The first-order valence-corrected chi connectivity index (χ1v) is 14.7. The van der Waals surface area contributed by atoms with E-state index in [9.17, 15) is 4.79 Å². The number of fused-ring (bicyclic) bond motifs is 2. The van der Waals surface area contributed by atoms with Crippen molar-refractivity contribution in [1.82, 2.24) is 0 Å². The Morgan fingerprint density at radius 2 is 1.86 bits per heavy atom. The predicted octanol–water partition coefficient (Wildman–Crippen LogP) is 7.07. The summed E-state index contributed by atoms with van der Waals surface area (Å²) in [6, 6.07) is 13.2. The number of thioether (sulfide) groups is 1. The molecule has 1 saturated carbocycles. The number of aromatic nitrogens is 1. The Hall–Kier alpha value is -2.41. The van der Waals surface area contributed by atoms with Gasteiger partial charge in [0.15, 0.2) is 5.78 Å². The van der Waals surface area contributed by atoms with E-state index in [0.29, 0.717) is 6.61 Å². The van der Waals surface area contributed by atoms with Crippen LogP contribution in [0.4, 0.5) is 5.69 Å². The van der Waals surface area contributed by atoms with Crippen molar-refractivity contribution in [3.05, 3.63) is 69.2 Å². The van der Waals surface area contributed by atoms with Crippen molar-refractivity contribution in [3.63, 3.8) is 0 Å². The fraction of sp³-hybridized carbons (Fsp3) is 0.400. The average molecular weight is 520 g/mol. The van der Waals surface area contributed by atoms with Gasteiger partial charge in [-0.25, -0.2) is 0 Å². The molecule has 0 N–H and O–H groups in total. The van der Waals surface area contributed by atoms with Crippen molar-refractivity contribution in [2.75, 3.05) is 18.1 Å². The number of hydrogen-bond donors (Lipinski definition) is 0. The van der Waals surface area contributed by atoms with Gasteiger partial charge in [-0.15, -0.1) is 0 Å². The van der Waals surface area contributed by atoms with E-state index < -0.39 is 0 Å². The van der Waals surface area contributed by atoms with Crippen LogP contribution in [0.25, 0.3) is 16.3 Å². The SMILES string of the molecule is CCCCOC1/C(=C/c2sc3ccc(C)cc3[n+]2CC)C(=O)C1/C=C1/Sc2ccc(C)cc2N1CC. The highest BCUT2D eigenvalue weighted by molar-refractivity contribution is 8.03. The van der Waals surface area contributed by atoms with Gasteiger partial charge in [0.25, 0.3) is 5.01 Å². The first-order valence-electron chi connectivity index (χ1n) is 13.0. The summed E-state index contributed by atoms with van der Waals surface area (Å²) < 4.78 is 9.92. The van der Waals surface area contributed by atoms with Gasteiger partial charge >= 0.3 is 0 Å². The molecule has 3 aromatic rings. The number of ketones is 1. The van der Waals surface area contributed by atoms with E-state index in [1.165, 1.54) is 31.9 Å². The van der Waals surface area contributed by atoms with Gasteiger partial charge in [0.05, 0.1) is 22.7 Å². The topological polar surface area (TPSA) is 33.4 Å². The second-order valence-corrected chi connectivity index (χ2v) is 11.7. The summed E-state index contributed by atoms with van der Waals surface area (Å²) in [6.45, 7) is 13.2. The van der Waals surface area contributed by atoms with Crippen molar-refractivity contribution in [2.45, 2.75) is 65.0 Å². The molecule has 2 aromatic carbocycles. The van der Waals surface area contributed by atoms with Gasteiger partial charge in [0.1, 0.15) is 11.2 Å². The summed E-state index contributed by atoms with van der Waals surface area (Å²) in [4.78, 5) is 17.1. The number of aryl methyl sites for hydroxylation is 3. The normalized spacial score (nSPS) is 21.6. The molecule has 36 heavy (non-hydrogen) atoms. The largest absolute Gasteiger partial charge is 0.372 e. The Balaban J connectivity index is 1.48. The fourth-order valence-electron chi connectivity index (χ4n) is 5.02. The lowest BCUT2D eigenvalue weighted by Crippen LogP contribution is -2.46. The van der Waals surface area contributed by atoms with E-state index >= 15 is 0 Å². The zero-order valence-electron chi connectivity index (χ0n) is 21.8. The maximum absolute atomic E-state index is 13.6. The zero-order chi connectivity index (χ0) is 25.4. The van der Waals surface area contributed by atoms with Crippen LogP contribution in [0.15, 0.2) is 58.0 Å². The highest BCUT2D eigenvalue weighted by atomic mass is 32.2. The molecule has 2 unspecified atom stereocenters. The Morgan fingerprint density at radius 3 is 2.61 bits per heavy atom. The summed E-state index contributed by atoms with van der Waals surface area (Å²) in [5.41, 5.74) is 5.78. The first-order chi connectivity index (χ1) is 17.4. The van der Waals surface area contributed by atoms with E-state index in [4.69, 9.17) is 4.74 Å². The molecule has 0 bridgehead atoms. The summed E-state index contributed by atoms with van der Waals surface area (Å²) in [7, 11) is 0. The third-order valence-corrected chi connectivity index (χ3v) is 9.26. The summed E-state index contributed by atoms with van der Waals surface area (Å²) >= 11 is 3.51. The molecule has 1 aliphatic carbocycles. The predicted molar refractivity (Wildman–Crippen MR) is 152 cm³/mol. The van der Waals surface area contributed by atoms with Gasteiger partial charge in [-0.1, -0.05) is 48.6 Å². The second-order valence-electron chi connectivity index (χ2n) is 9.61. The number of nitrogens with zero attached hydrogens (tertiary/aromatic N) is 2. The second kappa shape index (κ2) is 10.5. The number of carbonyl (C=O) groups is 1. The molecule has 0 saturated heterocycles. The van der Waals surface area contributed by atoms with Crippen LogP contribution in [-0.4, -0.2) is 25.0 Å². The van der Waals surface area contributed by atoms with Crippen LogP contribution in [0, 0.1) is 19.8 Å². The summed E-state index contributed by atoms with van der Waals surface area (Å²) in [6.07, 6.45) is 6.12. The smallest absolute Gasteiger partial charge is 0.263 e. The number of unbranched alkanes of at least 4 members (excludes halogenated alkanes) is 1. The minimum absolute atomic E-state index is 0.184. The summed E-state index contributed by atoms with van der Waals surface area (Å²) in [5, 5.41) is 2.26. The molecule has 2 heterocycles. The minimum atomic E-state index is -0.244. The molecule has 2 aliphatic rings. The molecule has 2 atom stereocenters. The number of thiazole rings is 1. The van der Waals surface area contributed by atoms with E-state index in [-0.39, 0.29) is 17.8 Å². The maximum atomic E-state index is 13.6. The third-order valence-electron chi connectivity index (χ3n) is 7.02. The molecule has 1 aromatic heterocycles. The molecule has 5 rings (SSSR count). The lowest BCUT2D eigenvalue weighted by Gasteiger charge is -2.36.